The van der Waals surface area contributed by atoms with Gasteiger partial charge in [0.05, 0.1) is 7.11 Å². The number of carbonyl (C=O) groups excluding carboxylic acids is 1. The van der Waals surface area contributed by atoms with E-state index in [2.05, 4.69) is 32.2 Å². The highest BCUT2D eigenvalue weighted by Crippen LogP contribution is 2.42. The summed E-state index contributed by atoms with van der Waals surface area (Å²) in [5.74, 6) is 1.08. The van der Waals surface area contributed by atoms with E-state index < -0.39 is 0 Å². The molecule has 0 aliphatic heterocycles. The van der Waals surface area contributed by atoms with Crippen LogP contribution in [0.25, 0.3) is 0 Å². The van der Waals surface area contributed by atoms with Gasteiger partial charge in [-0.2, -0.15) is 5.26 Å². The number of allylic oxidation sites excluding steroid dienone is 1. The topological polar surface area (TPSA) is 62.1 Å². The van der Waals surface area contributed by atoms with Gasteiger partial charge in [0.2, 0.25) is 0 Å². The van der Waals surface area contributed by atoms with Gasteiger partial charge < -0.3 is 10.1 Å². The van der Waals surface area contributed by atoms with Crippen LogP contribution in [0.2, 0.25) is 0 Å². The molecule has 1 aliphatic carbocycles. The Hall–Kier alpha value is -2.28. The molecule has 0 atom stereocenters. The predicted molar refractivity (Wildman–Crippen MR) is 100 cm³/mol. The minimum absolute atomic E-state index is 0.281. The number of nitriles is 1. The quantitative estimate of drug-likeness (QED) is 0.600. The fraction of sp³-hybridized carbons (Fsp3) is 0.524. The van der Waals surface area contributed by atoms with Gasteiger partial charge in [0.15, 0.2) is 0 Å². The molecule has 1 fully saturated rings. The molecule has 0 heterocycles. The SMILES string of the molecule is CCC(C)(C)C1CCC(=C(C#N)C(=O)Nc2ccc(OC)cc2)CC1. The molecule has 0 saturated heterocycles. The van der Waals surface area contributed by atoms with Gasteiger partial charge in [-0.25, -0.2) is 0 Å². The Morgan fingerprint density at radius 3 is 2.36 bits per heavy atom. The van der Waals surface area contributed by atoms with Crippen molar-refractivity contribution in [2.45, 2.75) is 52.9 Å². The summed E-state index contributed by atoms with van der Waals surface area (Å²) in [6, 6.07) is 9.24. The van der Waals surface area contributed by atoms with Gasteiger partial charge in [-0.1, -0.05) is 27.2 Å². The molecule has 4 nitrogen and oxygen atoms in total. The van der Waals surface area contributed by atoms with E-state index in [0.29, 0.717) is 17.0 Å². The Morgan fingerprint density at radius 1 is 1.28 bits per heavy atom. The second kappa shape index (κ2) is 8.20. The van der Waals surface area contributed by atoms with E-state index in [-0.39, 0.29) is 11.5 Å². The van der Waals surface area contributed by atoms with Crippen LogP contribution in [0.1, 0.15) is 52.9 Å². The minimum atomic E-state index is -0.309. The summed E-state index contributed by atoms with van der Waals surface area (Å²) in [5.41, 5.74) is 2.27. The molecule has 1 saturated carbocycles. The molecule has 4 heteroatoms. The van der Waals surface area contributed by atoms with Crippen molar-refractivity contribution in [2.24, 2.45) is 11.3 Å². The lowest BCUT2D eigenvalue weighted by Crippen LogP contribution is -2.27. The largest absolute Gasteiger partial charge is 0.497 e. The number of methoxy groups -OCH3 is 1. The molecule has 1 aliphatic rings. The van der Waals surface area contributed by atoms with Gasteiger partial charge in [0.25, 0.3) is 5.91 Å². The maximum Gasteiger partial charge on any atom is 0.266 e. The predicted octanol–water partition coefficient (Wildman–Crippen LogP) is 5.08. The van der Waals surface area contributed by atoms with E-state index in [4.69, 9.17) is 4.74 Å². The highest BCUT2D eigenvalue weighted by Gasteiger charge is 2.31. The lowest BCUT2D eigenvalue weighted by Gasteiger charge is -2.37. The smallest absolute Gasteiger partial charge is 0.266 e. The van der Waals surface area contributed by atoms with Crippen LogP contribution in [0.5, 0.6) is 5.75 Å². The van der Waals surface area contributed by atoms with E-state index in [0.717, 1.165) is 43.4 Å². The number of benzene rings is 1. The van der Waals surface area contributed by atoms with Gasteiger partial charge in [0, 0.05) is 5.69 Å². The van der Waals surface area contributed by atoms with Crippen LogP contribution in [0, 0.1) is 22.7 Å². The van der Waals surface area contributed by atoms with E-state index in [1.54, 1.807) is 31.4 Å². The number of rotatable bonds is 5. The highest BCUT2D eigenvalue weighted by atomic mass is 16.5. The van der Waals surface area contributed by atoms with Crippen molar-refractivity contribution in [2.75, 3.05) is 12.4 Å². The second-order valence-electron chi connectivity index (χ2n) is 7.39. The zero-order valence-corrected chi connectivity index (χ0v) is 15.7. The average Bonchev–Trinajstić information content (AvgIpc) is 2.63. The average molecular weight is 340 g/mol. The summed E-state index contributed by atoms with van der Waals surface area (Å²) >= 11 is 0. The van der Waals surface area contributed by atoms with Crippen molar-refractivity contribution < 1.29 is 9.53 Å². The van der Waals surface area contributed by atoms with Crippen LogP contribution in [0.4, 0.5) is 5.69 Å². The number of hydrogen-bond acceptors (Lipinski definition) is 3. The normalized spacial score (nSPS) is 17.6. The monoisotopic (exact) mass is 340 g/mol. The summed E-state index contributed by atoms with van der Waals surface area (Å²) < 4.78 is 5.11. The molecule has 0 unspecified atom stereocenters. The van der Waals surface area contributed by atoms with Gasteiger partial charge in [-0.3, -0.25) is 4.79 Å². The number of carbonyl (C=O) groups is 1. The molecule has 25 heavy (non-hydrogen) atoms. The number of anilines is 1. The van der Waals surface area contributed by atoms with Crippen molar-refractivity contribution in [3.05, 3.63) is 35.4 Å². The summed E-state index contributed by atoms with van der Waals surface area (Å²) in [6.45, 7) is 6.86. The maximum atomic E-state index is 12.5. The number of amides is 1. The molecule has 2 rings (SSSR count). The lowest BCUT2D eigenvalue weighted by atomic mass is 9.68. The molecular formula is C21H28N2O2. The molecule has 1 aromatic rings. The van der Waals surface area contributed by atoms with Crippen LogP contribution in [0.15, 0.2) is 35.4 Å². The number of nitrogens with zero attached hydrogens (tertiary/aromatic N) is 1. The minimum Gasteiger partial charge on any atom is -0.497 e. The summed E-state index contributed by atoms with van der Waals surface area (Å²) in [6.07, 6.45) is 4.94. The molecule has 0 aromatic heterocycles. The fourth-order valence-corrected chi connectivity index (χ4v) is 3.44. The standard InChI is InChI=1S/C21H28N2O2/c1-5-21(2,3)16-8-6-15(7-9-16)19(14-22)20(24)23-17-10-12-18(25-4)13-11-17/h10-13,16H,5-9H2,1-4H3,(H,23,24). The first-order chi connectivity index (χ1) is 11.9. The van der Waals surface area contributed by atoms with Crippen LogP contribution in [0.3, 0.4) is 0 Å². The van der Waals surface area contributed by atoms with Crippen LogP contribution in [-0.4, -0.2) is 13.0 Å². The van der Waals surface area contributed by atoms with E-state index in [1.807, 2.05) is 0 Å². The molecule has 1 amide bonds. The van der Waals surface area contributed by atoms with Crippen LogP contribution < -0.4 is 10.1 Å². The fourth-order valence-electron chi connectivity index (χ4n) is 3.44. The zero-order valence-electron chi connectivity index (χ0n) is 15.7. The van der Waals surface area contributed by atoms with Gasteiger partial charge in [-0.15, -0.1) is 0 Å². The molecule has 134 valence electrons. The Labute approximate surface area is 150 Å². The molecule has 1 aromatic carbocycles. The number of ether oxygens (including phenoxy) is 1. The summed E-state index contributed by atoms with van der Waals surface area (Å²) in [5, 5.41) is 12.3. The first-order valence-electron chi connectivity index (χ1n) is 8.98. The van der Waals surface area contributed by atoms with Gasteiger partial charge in [-0.05, 0) is 66.9 Å². The summed E-state index contributed by atoms with van der Waals surface area (Å²) in [4.78, 5) is 12.5. The van der Waals surface area contributed by atoms with Crippen molar-refractivity contribution in [3.8, 4) is 11.8 Å². The van der Waals surface area contributed by atoms with Crippen molar-refractivity contribution in [1.82, 2.24) is 0 Å². The highest BCUT2D eigenvalue weighted by molar-refractivity contribution is 6.07. The Bertz CT molecular complexity index is 671. The third-order valence-corrected chi connectivity index (χ3v) is 5.65. The first kappa shape index (κ1) is 19.1. The Kier molecular flexibility index (Phi) is 6.25. The van der Waals surface area contributed by atoms with Crippen LogP contribution in [-0.2, 0) is 4.79 Å². The molecule has 0 bridgehead atoms. The first-order valence-corrected chi connectivity index (χ1v) is 8.98. The number of hydrogen-bond donors (Lipinski definition) is 1. The Balaban J connectivity index is 2.07. The van der Waals surface area contributed by atoms with Gasteiger partial charge >= 0.3 is 0 Å². The maximum absolute atomic E-state index is 12.5. The van der Waals surface area contributed by atoms with E-state index >= 15 is 0 Å². The molecule has 0 radical (unpaired) electrons. The van der Waals surface area contributed by atoms with E-state index in [9.17, 15) is 10.1 Å². The van der Waals surface area contributed by atoms with Crippen molar-refractivity contribution in [1.29, 1.82) is 5.26 Å². The van der Waals surface area contributed by atoms with Crippen molar-refractivity contribution >= 4 is 11.6 Å². The number of nitrogens with one attached hydrogen (secondary N) is 1. The molecule has 0 spiro atoms. The zero-order chi connectivity index (χ0) is 18.4. The second-order valence-corrected chi connectivity index (χ2v) is 7.39. The molecular weight excluding hydrogens is 312 g/mol. The summed E-state index contributed by atoms with van der Waals surface area (Å²) in [7, 11) is 1.60. The van der Waals surface area contributed by atoms with E-state index in [1.165, 1.54) is 0 Å². The lowest BCUT2D eigenvalue weighted by molar-refractivity contribution is -0.112. The van der Waals surface area contributed by atoms with Crippen molar-refractivity contribution in [3.63, 3.8) is 0 Å². The molecule has 1 N–H and O–H groups in total. The van der Waals surface area contributed by atoms with Crippen LogP contribution >= 0.6 is 0 Å². The third kappa shape index (κ3) is 4.63. The Morgan fingerprint density at radius 2 is 1.88 bits per heavy atom. The third-order valence-electron chi connectivity index (χ3n) is 5.65. The van der Waals surface area contributed by atoms with Gasteiger partial charge in [0.1, 0.15) is 17.4 Å².